The van der Waals surface area contributed by atoms with Crippen LogP contribution in [-0.2, 0) is 17.8 Å². The highest BCUT2D eigenvalue weighted by Gasteiger charge is 2.16. The summed E-state index contributed by atoms with van der Waals surface area (Å²) in [7, 11) is 1.80. The van der Waals surface area contributed by atoms with Gasteiger partial charge in [0.25, 0.3) is 0 Å². The molecule has 0 fully saturated rings. The van der Waals surface area contributed by atoms with Crippen LogP contribution in [0.5, 0.6) is 11.5 Å². The van der Waals surface area contributed by atoms with E-state index in [9.17, 15) is 4.79 Å². The van der Waals surface area contributed by atoms with Crippen LogP contribution in [0.3, 0.4) is 0 Å². The summed E-state index contributed by atoms with van der Waals surface area (Å²) in [5.41, 5.74) is 2.74. The minimum absolute atomic E-state index is 0.0212. The van der Waals surface area contributed by atoms with Gasteiger partial charge in [-0.05, 0) is 29.8 Å². The van der Waals surface area contributed by atoms with Crippen molar-refractivity contribution in [3.05, 3.63) is 59.4 Å². The molecule has 7 heteroatoms. The Balaban J connectivity index is 1.39. The summed E-state index contributed by atoms with van der Waals surface area (Å²) in [4.78, 5) is 22.9. The lowest BCUT2D eigenvalue weighted by atomic mass is 10.1. The minimum atomic E-state index is 0.0212. The fourth-order valence-electron chi connectivity index (χ4n) is 2.85. The molecule has 1 aromatic carbocycles. The van der Waals surface area contributed by atoms with E-state index in [-0.39, 0.29) is 12.3 Å². The fraction of sp³-hybridized carbons (Fsp3) is 0.250. The quantitative estimate of drug-likeness (QED) is 0.679. The van der Waals surface area contributed by atoms with Crippen LogP contribution in [0.2, 0.25) is 0 Å². The van der Waals surface area contributed by atoms with Gasteiger partial charge >= 0.3 is 0 Å². The van der Waals surface area contributed by atoms with Crippen molar-refractivity contribution in [2.75, 3.05) is 20.3 Å². The molecule has 0 radical (unpaired) electrons. The number of benzene rings is 1. The van der Waals surface area contributed by atoms with Crippen molar-refractivity contribution in [3.63, 3.8) is 0 Å². The van der Waals surface area contributed by atoms with Crippen LogP contribution in [0.1, 0.15) is 11.3 Å². The SMILES string of the molecule is CN(Cc1ccc2c(c1)OCCO2)C(=O)Cc1csc(-c2cccnc2)n1. The van der Waals surface area contributed by atoms with Crippen LogP contribution >= 0.6 is 11.3 Å². The number of amides is 1. The lowest BCUT2D eigenvalue weighted by molar-refractivity contribution is -0.129. The van der Waals surface area contributed by atoms with E-state index >= 15 is 0 Å². The van der Waals surface area contributed by atoms with Crippen LogP contribution in [0.4, 0.5) is 0 Å². The van der Waals surface area contributed by atoms with Crippen LogP contribution in [-0.4, -0.2) is 41.0 Å². The second kappa shape index (κ2) is 7.75. The number of rotatable bonds is 5. The number of carbonyl (C=O) groups excluding carboxylic acids is 1. The molecule has 27 heavy (non-hydrogen) atoms. The third kappa shape index (κ3) is 4.09. The molecule has 1 aliphatic heterocycles. The predicted molar refractivity (Wildman–Crippen MR) is 103 cm³/mol. The number of carbonyl (C=O) groups is 1. The normalized spacial score (nSPS) is 12.6. The van der Waals surface area contributed by atoms with Gasteiger partial charge in [-0.3, -0.25) is 9.78 Å². The summed E-state index contributed by atoms with van der Waals surface area (Å²) < 4.78 is 11.1. The zero-order chi connectivity index (χ0) is 18.6. The molecule has 0 bridgehead atoms. The van der Waals surface area contributed by atoms with E-state index in [1.165, 1.54) is 11.3 Å². The van der Waals surface area contributed by atoms with Gasteiger partial charge in [0, 0.05) is 36.9 Å². The standard InChI is InChI=1S/C20H19N3O3S/c1-23(12-14-4-5-17-18(9-14)26-8-7-25-17)19(24)10-16-13-27-20(22-16)15-3-2-6-21-11-15/h2-6,9,11,13H,7-8,10,12H2,1H3. The van der Waals surface area contributed by atoms with E-state index in [0.717, 1.165) is 33.3 Å². The molecule has 138 valence electrons. The lowest BCUT2D eigenvalue weighted by Gasteiger charge is -2.21. The summed E-state index contributed by atoms with van der Waals surface area (Å²) in [5, 5.41) is 2.80. The highest BCUT2D eigenvalue weighted by Crippen LogP contribution is 2.31. The van der Waals surface area contributed by atoms with Gasteiger partial charge in [-0.2, -0.15) is 0 Å². The summed E-state index contributed by atoms with van der Waals surface area (Å²) in [6.07, 6.45) is 3.78. The van der Waals surface area contributed by atoms with Crippen molar-refractivity contribution in [2.24, 2.45) is 0 Å². The smallest absolute Gasteiger partial charge is 0.228 e. The third-order valence-corrected chi connectivity index (χ3v) is 5.18. The van der Waals surface area contributed by atoms with E-state index in [1.54, 1.807) is 24.3 Å². The number of fused-ring (bicyclic) bond motifs is 1. The van der Waals surface area contributed by atoms with Gasteiger partial charge in [0.05, 0.1) is 12.1 Å². The molecule has 0 saturated heterocycles. The summed E-state index contributed by atoms with van der Waals surface area (Å²) in [6.45, 7) is 1.63. The molecule has 1 aliphatic rings. The van der Waals surface area contributed by atoms with Crippen molar-refractivity contribution in [2.45, 2.75) is 13.0 Å². The summed E-state index contributed by atoms with van der Waals surface area (Å²) in [6, 6.07) is 9.62. The maximum Gasteiger partial charge on any atom is 0.228 e. The second-order valence-electron chi connectivity index (χ2n) is 6.29. The maximum atomic E-state index is 12.6. The minimum Gasteiger partial charge on any atom is -0.486 e. The van der Waals surface area contributed by atoms with Gasteiger partial charge in [-0.25, -0.2) is 4.98 Å². The molecule has 0 unspecified atom stereocenters. The van der Waals surface area contributed by atoms with Crippen molar-refractivity contribution < 1.29 is 14.3 Å². The van der Waals surface area contributed by atoms with Crippen molar-refractivity contribution in [1.29, 1.82) is 0 Å². The molecule has 2 aromatic heterocycles. The molecule has 1 amide bonds. The van der Waals surface area contributed by atoms with Gasteiger partial charge < -0.3 is 14.4 Å². The van der Waals surface area contributed by atoms with E-state index in [2.05, 4.69) is 9.97 Å². The van der Waals surface area contributed by atoms with Crippen LogP contribution in [0, 0.1) is 0 Å². The average Bonchev–Trinajstić information content (AvgIpc) is 3.17. The molecule has 4 rings (SSSR count). The number of pyridine rings is 1. The van der Waals surface area contributed by atoms with E-state index in [1.807, 2.05) is 35.7 Å². The van der Waals surface area contributed by atoms with Gasteiger partial charge in [0.2, 0.25) is 5.91 Å². The van der Waals surface area contributed by atoms with Crippen molar-refractivity contribution >= 4 is 17.2 Å². The Morgan fingerprint density at radius 2 is 2.07 bits per heavy atom. The molecular formula is C20H19N3O3S. The highest BCUT2D eigenvalue weighted by molar-refractivity contribution is 7.13. The van der Waals surface area contributed by atoms with Crippen molar-refractivity contribution in [3.8, 4) is 22.1 Å². The first kappa shape index (κ1) is 17.5. The van der Waals surface area contributed by atoms with Gasteiger partial charge in [0.1, 0.15) is 18.2 Å². The second-order valence-corrected chi connectivity index (χ2v) is 7.15. The Morgan fingerprint density at radius 3 is 2.89 bits per heavy atom. The summed E-state index contributed by atoms with van der Waals surface area (Å²) >= 11 is 1.52. The van der Waals surface area contributed by atoms with Crippen LogP contribution in [0.25, 0.3) is 10.6 Å². The number of aromatic nitrogens is 2. The zero-order valence-corrected chi connectivity index (χ0v) is 15.7. The van der Waals surface area contributed by atoms with Gasteiger partial charge in [0.15, 0.2) is 11.5 Å². The molecule has 6 nitrogen and oxygen atoms in total. The third-order valence-electron chi connectivity index (χ3n) is 4.24. The fourth-order valence-corrected chi connectivity index (χ4v) is 3.66. The maximum absolute atomic E-state index is 12.6. The first-order valence-electron chi connectivity index (χ1n) is 8.66. The predicted octanol–water partition coefficient (Wildman–Crippen LogP) is 3.18. The Bertz CT molecular complexity index is 943. The number of ether oxygens (including phenoxy) is 2. The molecule has 0 spiro atoms. The number of likely N-dealkylation sites (N-methyl/N-ethyl adjacent to an activating group) is 1. The van der Waals surface area contributed by atoms with E-state index < -0.39 is 0 Å². The first-order chi connectivity index (χ1) is 13.2. The summed E-state index contributed by atoms with van der Waals surface area (Å²) in [5.74, 6) is 1.51. The highest BCUT2D eigenvalue weighted by atomic mass is 32.1. The van der Waals surface area contributed by atoms with Crippen LogP contribution < -0.4 is 9.47 Å². The number of nitrogens with zero attached hydrogens (tertiary/aromatic N) is 3. The largest absolute Gasteiger partial charge is 0.486 e. The van der Waals surface area contributed by atoms with E-state index in [0.29, 0.717) is 19.8 Å². The Morgan fingerprint density at radius 1 is 1.22 bits per heavy atom. The number of hydrogen-bond acceptors (Lipinski definition) is 6. The molecule has 0 saturated carbocycles. The van der Waals surface area contributed by atoms with Gasteiger partial charge in [-0.1, -0.05) is 6.07 Å². The topological polar surface area (TPSA) is 64.6 Å². The average molecular weight is 381 g/mol. The first-order valence-corrected chi connectivity index (χ1v) is 9.54. The van der Waals surface area contributed by atoms with Crippen molar-refractivity contribution in [1.82, 2.24) is 14.9 Å². The monoisotopic (exact) mass is 381 g/mol. The zero-order valence-electron chi connectivity index (χ0n) is 14.9. The molecule has 3 aromatic rings. The van der Waals surface area contributed by atoms with E-state index in [4.69, 9.17) is 9.47 Å². The Labute approximate surface area is 161 Å². The molecule has 3 heterocycles. The molecule has 0 aliphatic carbocycles. The molecule has 0 atom stereocenters. The molecular weight excluding hydrogens is 362 g/mol. The van der Waals surface area contributed by atoms with Crippen LogP contribution in [0.15, 0.2) is 48.1 Å². The van der Waals surface area contributed by atoms with Gasteiger partial charge in [-0.15, -0.1) is 11.3 Å². The Hall–Kier alpha value is -2.93. The molecule has 0 N–H and O–H groups in total. The lowest BCUT2D eigenvalue weighted by Crippen LogP contribution is -2.28. The Kier molecular flexibility index (Phi) is 5.02. The number of hydrogen-bond donors (Lipinski definition) is 0. The number of thiazole rings is 1.